The van der Waals surface area contributed by atoms with E-state index < -0.39 is 17.8 Å². The van der Waals surface area contributed by atoms with Gasteiger partial charge in [-0.1, -0.05) is 18.2 Å². The van der Waals surface area contributed by atoms with Crippen LogP contribution in [0.5, 0.6) is 0 Å². The van der Waals surface area contributed by atoms with Gasteiger partial charge in [0.05, 0.1) is 6.93 Å². The van der Waals surface area contributed by atoms with Crippen molar-refractivity contribution in [1.29, 1.82) is 0 Å². The quantitative estimate of drug-likeness (QED) is 0.697. The molecule has 66 valence electrons. The van der Waals surface area contributed by atoms with Gasteiger partial charge in [0.25, 0.3) is 0 Å². The standard InChI is InChI=1S/C8H8F3N/c9-8(10,11)7-3-1-2-6(4-7)5-12/h1-4H,5,12H2/i4D. The molecule has 0 radical (unpaired) electrons. The summed E-state index contributed by atoms with van der Waals surface area (Å²) < 4.78 is 43.8. The zero-order valence-electron chi connectivity index (χ0n) is 7.15. The molecule has 2 N–H and O–H groups in total. The smallest absolute Gasteiger partial charge is 0.326 e. The van der Waals surface area contributed by atoms with E-state index in [2.05, 4.69) is 0 Å². The SMILES string of the molecule is [2H]c1c(CN)cccc1C(F)(F)F. The van der Waals surface area contributed by atoms with Crippen LogP contribution in [-0.4, -0.2) is 0 Å². The number of nitrogens with two attached hydrogens (primary N) is 1. The molecule has 0 fully saturated rings. The first kappa shape index (κ1) is 7.61. The van der Waals surface area contributed by atoms with Crippen molar-refractivity contribution in [3.8, 4) is 0 Å². The number of hydrogen-bond donors (Lipinski definition) is 1. The normalized spacial score (nSPS) is 12.8. The Balaban J connectivity index is 3.24. The maximum Gasteiger partial charge on any atom is 0.416 e. The first-order chi connectivity index (χ1) is 5.96. The fraction of sp³-hybridized carbons (Fsp3) is 0.250. The lowest BCUT2D eigenvalue weighted by Crippen LogP contribution is -2.06. The van der Waals surface area contributed by atoms with Gasteiger partial charge in [0, 0.05) is 6.54 Å². The van der Waals surface area contributed by atoms with E-state index >= 15 is 0 Å². The molecule has 0 saturated carbocycles. The van der Waals surface area contributed by atoms with Crippen molar-refractivity contribution in [3.05, 3.63) is 35.4 Å². The highest BCUT2D eigenvalue weighted by Crippen LogP contribution is 2.29. The maximum absolute atomic E-state index is 12.2. The van der Waals surface area contributed by atoms with Gasteiger partial charge in [-0.25, -0.2) is 0 Å². The number of alkyl halides is 3. The summed E-state index contributed by atoms with van der Waals surface area (Å²) in [5.74, 6) is 0. The summed E-state index contributed by atoms with van der Waals surface area (Å²) in [4.78, 5) is 0. The highest BCUT2D eigenvalue weighted by Gasteiger charge is 2.30. The van der Waals surface area contributed by atoms with Crippen molar-refractivity contribution >= 4 is 0 Å². The van der Waals surface area contributed by atoms with Crippen molar-refractivity contribution in [1.82, 2.24) is 0 Å². The minimum Gasteiger partial charge on any atom is -0.326 e. The van der Waals surface area contributed by atoms with Gasteiger partial charge in [0.15, 0.2) is 0 Å². The zero-order chi connectivity index (χ0) is 10.1. The molecule has 0 atom stereocenters. The number of rotatable bonds is 1. The van der Waals surface area contributed by atoms with Gasteiger partial charge in [-0.2, -0.15) is 13.2 Å². The number of benzene rings is 1. The molecule has 0 aliphatic carbocycles. The molecular weight excluding hydrogens is 167 g/mol. The molecule has 0 heterocycles. The van der Waals surface area contributed by atoms with Crippen LogP contribution < -0.4 is 5.73 Å². The molecule has 1 aromatic rings. The first-order valence-corrected chi connectivity index (χ1v) is 3.32. The molecule has 1 aromatic carbocycles. The van der Waals surface area contributed by atoms with Crippen LogP contribution in [0.1, 0.15) is 12.5 Å². The Morgan fingerprint density at radius 1 is 1.42 bits per heavy atom. The Hall–Kier alpha value is -1.03. The molecule has 0 aromatic heterocycles. The molecule has 0 aliphatic rings. The van der Waals surface area contributed by atoms with E-state index in [4.69, 9.17) is 7.10 Å². The van der Waals surface area contributed by atoms with E-state index in [0.29, 0.717) is 0 Å². The maximum atomic E-state index is 12.2. The minimum atomic E-state index is -4.47. The van der Waals surface area contributed by atoms with E-state index in [9.17, 15) is 13.2 Å². The van der Waals surface area contributed by atoms with Crippen LogP contribution in [0.2, 0.25) is 0 Å². The molecule has 1 nitrogen and oxygen atoms in total. The second-order valence-corrected chi connectivity index (χ2v) is 2.29. The summed E-state index contributed by atoms with van der Waals surface area (Å²) in [6.45, 7) is -0.0528. The minimum absolute atomic E-state index is 0.0528. The second-order valence-electron chi connectivity index (χ2n) is 2.29. The van der Waals surface area contributed by atoms with E-state index in [1.807, 2.05) is 0 Å². The third kappa shape index (κ3) is 1.98. The van der Waals surface area contributed by atoms with Gasteiger partial charge in [-0.3, -0.25) is 0 Å². The molecule has 0 spiro atoms. The summed E-state index contributed by atoms with van der Waals surface area (Å²) >= 11 is 0. The lowest BCUT2D eigenvalue weighted by molar-refractivity contribution is -0.137. The molecule has 0 bridgehead atoms. The van der Waals surface area contributed by atoms with E-state index in [1.54, 1.807) is 0 Å². The number of hydrogen-bond acceptors (Lipinski definition) is 1. The number of halogens is 3. The Bertz CT molecular complexity index is 309. The fourth-order valence-electron chi connectivity index (χ4n) is 0.801. The summed E-state index contributed by atoms with van der Waals surface area (Å²) in [6.07, 6.45) is -4.47. The first-order valence-electron chi connectivity index (χ1n) is 3.82. The lowest BCUT2D eigenvalue weighted by atomic mass is 10.1. The monoisotopic (exact) mass is 176 g/mol. The Kier molecular flexibility index (Phi) is 1.99. The Labute approximate surface area is 69.4 Å². The Morgan fingerprint density at radius 3 is 2.58 bits per heavy atom. The molecular formula is C8H8F3N. The van der Waals surface area contributed by atoms with E-state index in [0.717, 1.165) is 6.07 Å². The van der Waals surface area contributed by atoms with Crippen LogP contribution in [-0.2, 0) is 12.7 Å². The van der Waals surface area contributed by atoms with Gasteiger partial charge in [0.1, 0.15) is 0 Å². The van der Waals surface area contributed by atoms with Crippen LogP contribution in [0.25, 0.3) is 0 Å². The van der Waals surface area contributed by atoms with Crippen LogP contribution in [0.4, 0.5) is 13.2 Å². The molecule has 0 amide bonds. The van der Waals surface area contributed by atoms with Crippen LogP contribution in [0.15, 0.2) is 24.2 Å². The Morgan fingerprint density at radius 2 is 2.08 bits per heavy atom. The summed E-state index contributed by atoms with van der Waals surface area (Å²) in [5, 5.41) is 0. The fourth-order valence-corrected chi connectivity index (χ4v) is 0.801. The zero-order valence-corrected chi connectivity index (χ0v) is 6.15. The predicted octanol–water partition coefficient (Wildman–Crippen LogP) is 2.16. The van der Waals surface area contributed by atoms with Crippen molar-refractivity contribution in [2.45, 2.75) is 12.7 Å². The lowest BCUT2D eigenvalue weighted by Gasteiger charge is -2.06. The van der Waals surface area contributed by atoms with E-state index in [1.165, 1.54) is 12.1 Å². The summed E-state index contributed by atoms with van der Waals surface area (Å²) in [7, 11) is 0. The molecule has 0 saturated heterocycles. The van der Waals surface area contributed by atoms with Crippen LogP contribution in [0.3, 0.4) is 0 Å². The highest BCUT2D eigenvalue weighted by atomic mass is 19.4. The molecule has 12 heavy (non-hydrogen) atoms. The average molecular weight is 176 g/mol. The van der Waals surface area contributed by atoms with Gasteiger partial charge in [-0.05, 0) is 11.6 Å². The van der Waals surface area contributed by atoms with Gasteiger partial charge >= 0.3 is 6.18 Å². The molecule has 4 heteroatoms. The van der Waals surface area contributed by atoms with E-state index in [-0.39, 0.29) is 12.1 Å². The third-order valence-corrected chi connectivity index (χ3v) is 1.38. The van der Waals surface area contributed by atoms with Crippen molar-refractivity contribution < 1.29 is 14.5 Å². The van der Waals surface area contributed by atoms with Crippen molar-refractivity contribution in [3.63, 3.8) is 0 Å². The van der Waals surface area contributed by atoms with Crippen LogP contribution >= 0.6 is 0 Å². The van der Waals surface area contributed by atoms with Gasteiger partial charge in [0.2, 0.25) is 0 Å². The van der Waals surface area contributed by atoms with Crippen molar-refractivity contribution in [2.24, 2.45) is 5.73 Å². The van der Waals surface area contributed by atoms with Crippen molar-refractivity contribution in [2.75, 3.05) is 0 Å². The van der Waals surface area contributed by atoms with Gasteiger partial charge < -0.3 is 5.73 Å². The predicted molar refractivity (Wildman–Crippen MR) is 39.3 cm³/mol. The summed E-state index contributed by atoms with van der Waals surface area (Å²) in [6, 6.07) is 3.01. The largest absolute Gasteiger partial charge is 0.416 e. The molecule has 1 rings (SSSR count). The topological polar surface area (TPSA) is 26.0 Å². The molecule has 0 unspecified atom stereocenters. The molecule has 0 aliphatic heterocycles. The average Bonchev–Trinajstić information content (AvgIpc) is 2.02. The summed E-state index contributed by atoms with van der Waals surface area (Å²) in [5.41, 5.74) is 4.44. The highest BCUT2D eigenvalue weighted by molar-refractivity contribution is 5.25. The van der Waals surface area contributed by atoms with Crippen LogP contribution in [0, 0.1) is 0 Å². The van der Waals surface area contributed by atoms with Gasteiger partial charge in [-0.15, -0.1) is 0 Å². The third-order valence-electron chi connectivity index (χ3n) is 1.38. The second kappa shape index (κ2) is 3.15.